The topological polar surface area (TPSA) is 70.2 Å². The fourth-order valence-corrected chi connectivity index (χ4v) is 4.17. The van der Waals surface area contributed by atoms with Gasteiger partial charge in [-0.15, -0.1) is 0 Å². The van der Waals surface area contributed by atoms with Gasteiger partial charge in [0, 0.05) is 38.9 Å². The van der Waals surface area contributed by atoms with E-state index in [1.165, 1.54) is 13.1 Å². The molecule has 1 heterocycles. The van der Waals surface area contributed by atoms with E-state index >= 15 is 0 Å². The highest BCUT2D eigenvalue weighted by Gasteiger charge is 2.32. The van der Waals surface area contributed by atoms with Crippen LogP contribution in [-0.2, 0) is 21.0 Å². The maximum atomic E-state index is 13.0. The molecule has 0 aliphatic carbocycles. The second-order valence-electron chi connectivity index (χ2n) is 8.10. The Balaban J connectivity index is 1.60. The molecule has 7 nitrogen and oxygen atoms in total. The normalized spacial score (nSPS) is 15.7. The zero-order chi connectivity index (χ0) is 25.1. The number of piperazine rings is 1. The highest BCUT2D eigenvalue weighted by atomic mass is 32.2. The average molecular weight is 500 g/mol. The number of sulfonamides is 1. The smallest absolute Gasteiger partial charge is 0.416 e. The summed E-state index contributed by atoms with van der Waals surface area (Å²) >= 11 is 0. The summed E-state index contributed by atoms with van der Waals surface area (Å²) in [6, 6.07) is 11.6. The lowest BCUT2D eigenvalue weighted by molar-refractivity contribution is -0.139. The molecule has 0 radical (unpaired) electrons. The number of hydrogen-bond acceptors (Lipinski definition) is 5. The van der Waals surface area contributed by atoms with Gasteiger partial charge in [-0.3, -0.25) is 9.10 Å². The van der Waals surface area contributed by atoms with Gasteiger partial charge in [-0.1, -0.05) is 13.0 Å². The van der Waals surface area contributed by atoms with Gasteiger partial charge in [-0.25, -0.2) is 8.42 Å². The molecular weight excluding hydrogens is 471 g/mol. The number of ether oxygens (including phenoxy) is 1. The summed E-state index contributed by atoms with van der Waals surface area (Å²) in [5.41, 5.74) is 0.251. The summed E-state index contributed by atoms with van der Waals surface area (Å²) in [4.78, 5) is 16.5. The lowest BCUT2D eigenvalue weighted by Crippen LogP contribution is -2.52. The van der Waals surface area contributed by atoms with Gasteiger partial charge < -0.3 is 14.5 Å². The van der Waals surface area contributed by atoms with Gasteiger partial charge >= 0.3 is 6.18 Å². The Labute approximate surface area is 197 Å². The molecule has 11 heteroatoms. The molecular formula is C23H28F3N3O4S. The molecule has 0 N–H and O–H groups in total. The van der Waals surface area contributed by atoms with E-state index in [2.05, 4.69) is 0 Å². The Morgan fingerprint density at radius 1 is 1.09 bits per heavy atom. The number of hydrogen-bond donors (Lipinski definition) is 0. The minimum atomic E-state index is -4.40. The monoisotopic (exact) mass is 499 g/mol. The van der Waals surface area contributed by atoms with E-state index in [9.17, 15) is 26.4 Å². The third kappa shape index (κ3) is 6.13. The van der Waals surface area contributed by atoms with Gasteiger partial charge in [0.1, 0.15) is 5.75 Å². The van der Waals surface area contributed by atoms with E-state index in [4.69, 9.17) is 4.74 Å². The molecule has 0 saturated carbocycles. The first-order valence-electron chi connectivity index (χ1n) is 10.8. The summed E-state index contributed by atoms with van der Waals surface area (Å²) in [7, 11) is -1.94. The molecule has 1 fully saturated rings. The van der Waals surface area contributed by atoms with Crippen LogP contribution in [0.25, 0.3) is 0 Å². The summed E-state index contributed by atoms with van der Waals surface area (Å²) in [5, 5.41) is 0. The molecule has 2 aromatic carbocycles. The summed E-state index contributed by atoms with van der Waals surface area (Å²) in [6.07, 6.45) is -3.59. The van der Waals surface area contributed by atoms with Gasteiger partial charge in [0.25, 0.3) is 5.91 Å². The SMILES string of the molecule is CCC(Oc1ccc(N(C)S(C)(=O)=O)cc1)C(=O)N1CCN(c2cccc(C(F)(F)F)c2)CC1. The lowest BCUT2D eigenvalue weighted by Gasteiger charge is -2.37. The molecule has 0 aromatic heterocycles. The number of nitrogens with zero attached hydrogens (tertiary/aromatic N) is 3. The standard InChI is InChI=1S/C23H28F3N3O4S/c1-4-21(33-20-10-8-18(9-11-20)27(2)34(3,31)32)22(30)29-14-12-28(13-15-29)19-7-5-6-17(16-19)23(24,25)26/h5-11,16,21H,4,12-15H2,1-3H3. The third-order valence-corrected chi connectivity index (χ3v) is 6.96. The molecule has 1 amide bonds. The van der Waals surface area contributed by atoms with Crippen molar-refractivity contribution in [3.05, 3.63) is 54.1 Å². The highest BCUT2D eigenvalue weighted by Crippen LogP contribution is 2.32. The predicted molar refractivity (Wildman–Crippen MR) is 125 cm³/mol. The number of anilines is 2. The largest absolute Gasteiger partial charge is 0.481 e. The minimum absolute atomic E-state index is 0.191. The Morgan fingerprint density at radius 3 is 2.24 bits per heavy atom. The molecule has 186 valence electrons. The van der Waals surface area contributed by atoms with Crippen LogP contribution in [0, 0.1) is 0 Å². The number of amides is 1. The second-order valence-corrected chi connectivity index (χ2v) is 10.1. The Bertz CT molecular complexity index is 1100. The van der Waals surface area contributed by atoms with Crippen LogP contribution < -0.4 is 13.9 Å². The van der Waals surface area contributed by atoms with Crippen molar-refractivity contribution in [2.45, 2.75) is 25.6 Å². The van der Waals surface area contributed by atoms with Gasteiger partial charge in [-0.2, -0.15) is 13.2 Å². The van der Waals surface area contributed by atoms with Crippen molar-refractivity contribution >= 4 is 27.3 Å². The fraction of sp³-hybridized carbons (Fsp3) is 0.435. The number of rotatable bonds is 7. The minimum Gasteiger partial charge on any atom is -0.481 e. The molecule has 1 unspecified atom stereocenters. The molecule has 1 atom stereocenters. The lowest BCUT2D eigenvalue weighted by atomic mass is 10.1. The predicted octanol–water partition coefficient (Wildman–Crippen LogP) is 3.61. The molecule has 0 spiro atoms. The first-order chi connectivity index (χ1) is 15.9. The van der Waals surface area contributed by atoms with E-state index in [-0.39, 0.29) is 5.91 Å². The zero-order valence-corrected chi connectivity index (χ0v) is 20.1. The average Bonchev–Trinajstić information content (AvgIpc) is 2.81. The number of halogens is 3. The fourth-order valence-electron chi connectivity index (χ4n) is 3.67. The first kappa shape index (κ1) is 25.7. The highest BCUT2D eigenvalue weighted by molar-refractivity contribution is 7.92. The maximum absolute atomic E-state index is 13.0. The van der Waals surface area contributed by atoms with Crippen molar-refractivity contribution in [2.24, 2.45) is 0 Å². The Morgan fingerprint density at radius 2 is 1.71 bits per heavy atom. The van der Waals surface area contributed by atoms with E-state index in [0.29, 0.717) is 49.7 Å². The molecule has 1 aliphatic rings. The molecule has 0 bridgehead atoms. The number of carbonyl (C=O) groups excluding carboxylic acids is 1. The van der Waals surface area contributed by atoms with Gasteiger partial charge in [0.15, 0.2) is 6.10 Å². The van der Waals surface area contributed by atoms with Crippen molar-refractivity contribution in [2.75, 3.05) is 48.7 Å². The second kappa shape index (κ2) is 10.1. The van der Waals surface area contributed by atoms with E-state index in [0.717, 1.165) is 22.7 Å². The summed E-state index contributed by atoms with van der Waals surface area (Å²) in [6.45, 7) is 3.39. The van der Waals surface area contributed by atoms with Gasteiger partial charge in [-0.05, 0) is 48.9 Å². The number of benzene rings is 2. The van der Waals surface area contributed by atoms with Crippen LogP contribution in [0.3, 0.4) is 0 Å². The van der Waals surface area contributed by atoms with Crippen LogP contribution in [0.4, 0.5) is 24.5 Å². The Hall–Kier alpha value is -2.95. The quantitative estimate of drug-likeness (QED) is 0.582. The van der Waals surface area contributed by atoms with Crippen LogP contribution in [0.1, 0.15) is 18.9 Å². The van der Waals surface area contributed by atoms with Crippen molar-refractivity contribution < 1.29 is 31.1 Å². The molecule has 34 heavy (non-hydrogen) atoms. The summed E-state index contributed by atoms with van der Waals surface area (Å²) in [5.74, 6) is 0.247. The molecule has 2 aromatic rings. The Kier molecular flexibility index (Phi) is 7.64. The zero-order valence-electron chi connectivity index (χ0n) is 19.2. The van der Waals surface area contributed by atoms with Crippen LogP contribution in [0.5, 0.6) is 5.75 Å². The first-order valence-corrected chi connectivity index (χ1v) is 12.7. The summed E-state index contributed by atoms with van der Waals surface area (Å²) < 4.78 is 69.4. The third-order valence-electron chi connectivity index (χ3n) is 5.75. The van der Waals surface area contributed by atoms with Gasteiger partial charge in [0.2, 0.25) is 10.0 Å². The van der Waals surface area contributed by atoms with E-state index in [1.807, 2.05) is 11.8 Å². The van der Waals surface area contributed by atoms with Crippen LogP contribution in [-0.4, -0.2) is 64.8 Å². The van der Waals surface area contributed by atoms with Crippen LogP contribution >= 0.6 is 0 Å². The van der Waals surface area contributed by atoms with Crippen molar-refractivity contribution in [1.29, 1.82) is 0 Å². The van der Waals surface area contributed by atoms with E-state index < -0.39 is 27.9 Å². The van der Waals surface area contributed by atoms with Crippen molar-refractivity contribution in [3.8, 4) is 5.75 Å². The number of carbonyl (C=O) groups is 1. The molecule has 1 saturated heterocycles. The number of alkyl halides is 3. The molecule has 3 rings (SSSR count). The van der Waals surface area contributed by atoms with Crippen molar-refractivity contribution in [3.63, 3.8) is 0 Å². The van der Waals surface area contributed by atoms with Crippen LogP contribution in [0.2, 0.25) is 0 Å². The maximum Gasteiger partial charge on any atom is 0.416 e. The van der Waals surface area contributed by atoms with Crippen LogP contribution in [0.15, 0.2) is 48.5 Å². The van der Waals surface area contributed by atoms with E-state index in [1.54, 1.807) is 35.2 Å². The van der Waals surface area contributed by atoms with Gasteiger partial charge in [0.05, 0.1) is 17.5 Å². The molecule has 1 aliphatic heterocycles. The van der Waals surface area contributed by atoms with Crippen molar-refractivity contribution in [1.82, 2.24) is 4.90 Å².